The van der Waals surface area contributed by atoms with E-state index in [4.69, 9.17) is 0 Å². The average molecular weight is 319 g/mol. The third-order valence-corrected chi connectivity index (χ3v) is 3.94. The topological polar surface area (TPSA) is 12.0 Å². The van der Waals surface area contributed by atoms with E-state index in [1.807, 2.05) is 0 Å². The van der Waals surface area contributed by atoms with Gasteiger partial charge in [-0.3, -0.25) is 0 Å². The van der Waals surface area contributed by atoms with Gasteiger partial charge in [-0.1, -0.05) is 6.92 Å². The van der Waals surface area contributed by atoms with Crippen LogP contribution in [0.2, 0.25) is 0 Å². The molecule has 0 amide bonds. The molecule has 1 aromatic heterocycles. The molecule has 0 aliphatic rings. The molecule has 0 radical (unpaired) electrons. The second-order valence-electron chi connectivity index (χ2n) is 4.46. The molecule has 0 saturated heterocycles. The molecule has 1 N–H and O–H groups in total. The molecular weight excluding hydrogens is 304 g/mol. The molecule has 0 bridgehead atoms. The maximum absolute atomic E-state index is 12.9. The summed E-state index contributed by atoms with van der Waals surface area (Å²) >= 11 is 0.906. The molecule has 20 heavy (non-hydrogen) atoms. The normalized spacial score (nSPS) is 14.8. The molecule has 0 aromatic carbocycles. The van der Waals surface area contributed by atoms with Gasteiger partial charge in [-0.05, 0) is 36.9 Å². The fourth-order valence-corrected chi connectivity index (χ4v) is 2.97. The van der Waals surface area contributed by atoms with E-state index in [1.54, 1.807) is 6.92 Å². The number of aryl methyl sites for hydroxylation is 1. The van der Waals surface area contributed by atoms with Crippen LogP contribution in [-0.2, 0) is 0 Å². The van der Waals surface area contributed by atoms with Gasteiger partial charge in [-0.15, -0.1) is 11.3 Å². The largest absolute Gasteiger partial charge is 0.402 e. The van der Waals surface area contributed by atoms with E-state index in [2.05, 4.69) is 5.32 Å². The summed E-state index contributed by atoms with van der Waals surface area (Å²) < 4.78 is 77.2. The molecule has 0 fully saturated rings. The molecule has 1 atom stereocenters. The molecular formula is C12H15F6NS. The zero-order valence-corrected chi connectivity index (χ0v) is 11.7. The van der Waals surface area contributed by atoms with Crippen molar-refractivity contribution < 1.29 is 26.3 Å². The average Bonchev–Trinajstić information content (AvgIpc) is 2.66. The summed E-state index contributed by atoms with van der Waals surface area (Å²) in [5.41, 5.74) is 0.433. The van der Waals surface area contributed by atoms with Gasteiger partial charge in [0.25, 0.3) is 0 Å². The van der Waals surface area contributed by atoms with Crippen LogP contribution >= 0.6 is 11.3 Å². The van der Waals surface area contributed by atoms with Crippen molar-refractivity contribution in [2.75, 3.05) is 6.54 Å². The Morgan fingerprint density at radius 3 is 2.05 bits per heavy atom. The minimum absolute atomic E-state index is 0.0816. The summed E-state index contributed by atoms with van der Waals surface area (Å²) in [7, 11) is 0. The van der Waals surface area contributed by atoms with Gasteiger partial charge in [0.1, 0.15) is 0 Å². The minimum atomic E-state index is -5.35. The maximum Gasteiger partial charge on any atom is 0.402 e. The Morgan fingerprint density at radius 1 is 1.15 bits per heavy atom. The van der Waals surface area contributed by atoms with E-state index in [0.29, 0.717) is 12.0 Å². The van der Waals surface area contributed by atoms with Crippen LogP contribution in [0.4, 0.5) is 26.3 Å². The van der Waals surface area contributed by atoms with Crippen molar-refractivity contribution >= 4 is 11.3 Å². The van der Waals surface area contributed by atoms with Crippen molar-refractivity contribution in [1.82, 2.24) is 5.32 Å². The highest BCUT2D eigenvalue weighted by atomic mass is 32.1. The number of hydrogen-bond acceptors (Lipinski definition) is 2. The van der Waals surface area contributed by atoms with E-state index >= 15 is 0 Å². The molecule has 1 unspecified atom stereocenters. The standard InChI is InChI=1S/C12H15F6NS/c1-3-5-19-8(9-7(2)4-6-20-9)10(11(13,14)15)12(16,17)18/h4,6,8,10,19H,3,5H2,1-2H3. The molecule has 0 saturated carbocycles. The van der Waals surface area contributed by atoms with Gasteiger partial charge in [-0.2, -0.15) is 26.3 Å². The second-order valence-corrected chi connectivity index (χ2v) is 5.41. The highest BCUT2D eigenvalue weighted by Gasteiger charge is 2.60. The van der Waals surface area contributed by atoms with E-state index in [-0.39, 0.29) is 11.4 Å². The summed E-state index contributed by atoms with van der Waals surface area (Å²) in [5.74, 6) is -3.40. The van der Waals surface area contributed by atoms with Gasteiger partial charge < -0.3 is 5.32 Å². The SMILES string of the molecule is CCCNC(c1sccc1C)C(C(F)(F)F)C(F)(F)F. The lowest BCUT2D eigenvalue weighted by Crippen LogP contribution is -2.46. The number of nitrogens with one attached hydrogen (secondary N) is 1. The van der Waals surface area contributed by atoms with Crippen LogP contribution in [0.15, 0.2) is 11.4 Å². The van der Waals surface area contributed by atoms with Crippen LogP contribution in [-0.4, -0.2) is 18.9 Å². The predicted octanol–water partition coefficient (Wildman–Crippen LogP) is 4.84. The lowest BCUT2D eigenvalue weighted by Gasteiger charge is -2.31. The van der Waals surface area contributed by atoms with Crippen molar-refractivity contribution in [1.29, 1.82) is 0 Å². The van der Waals surface area contributed by atoms with Crippen molar-refractivity contribution in [2.24, 2.45) is 5.92 Å². The Morgan fingerprint density at radius 2 is 1.70 bits per heavy atom. The molecule has 116 valence electrons. The highest BCUT2D eigenvalue weighted by Crippen LogP contribution is 2.47. The maximum atomic E-state index is 12.9. The van der Waals surface area contributed by atoms with E-state index in [1.165, 1.54) is 18.4 Å². The molecule has 0 aliphatic carbocycles. The van der Waals surface area contributed by atoms with Gasteiger partial charge in [0.2, 0.25) is 0 Å². The fraction of sp³-hybridized carbons (Fsp3) is 0.667. The molecule has 1 heterocycles. The first-order valence-electron chi connectivity index (χ1n) is 5.99. The van der Waals surface area contributed by atoms with Crippen molar-refractivity contribution in [3.8, 4) is 0 Å². The van der Waals surface area contributed by atoms with Crippen LogP contribution in [0, 0.1) is 12.8 Å². The van der Waals surface area contributed by atoms with Crippen LogP contribution in [0.1, 0.15) is 29.8 Å². The zero-order chi connectivity index (χ0) is 15.6. The Balaban J connectivity index is 3.22. The van der Waals surface area contributed by atoms with Crippen molar-refractivity contribution in [2.45, 2.75) is 38.7 Å². The fourth-order valence-electron chi connectivity index (χ4n) is 1.93. The van der Waals surface area contributed by atoms with Gasteiger partial charge in [-0.25, -0.2) is 0 Å². The number of alkyl halides is 6. The van der Waals surface area contributed by atoms with E-state index in [9.17, 15) is 26.3 Å². The highest BCUT2D eigenvalue weighted by molar-refractivity contribution is 7.10. The first-order valence-corrected chi connectivity index (χ1v) is 6.87. The Hall–Kier alpha value is -0.760. The van der Waals surface area contributed by atoms with Gasteiger partial charge in [0, 0.05) is 4.88 Å². The van der Waals surface area contributed by atoms with E-state index in [0.717, 1.165) is 11.3 Å². The summed E-state index contributed by atoms with van der Waals surface area (Å²) in [6, 6.07) is -0.278. The lowest BCUT2D eigenvalue weighted by molar-refractivity contribution is -0.292. The Bertz CT molecular complexity index is 408. The summed E-state index contributed by atoms with van der Waals surface area (Å²) in [5, 5.41) is 3.89. The molecule has 1 nitrogen and oxygen atoms in total. The third-order valence-electron chi connectivity index (χ3n) is 2.84. The van der Waals surface area contributed by atoms with E-state index < -0.39 is 24.3 Å². The molecule has 0 spiro atoms. The smallest absolute Gasteiger partial charge is 0.308 e. The van der Waals surface area contributed by atoms with Crippen LogP contribution in [0.25, 0.3) is 0 Å². The van der Waals surface area contributed by atoms with Crippen LogP contribution < -0.4 is 5.32 Å². The van der Waals surface area contributed by atoms with Gasteiger partial charge in [0.15, 0.2) is 5.92 Å². The zero-order valence-electron chi connectivity index (χ0n) is 10.9. The predicted molar refractivity (Wildman–Crippen MR) is 65.7 cm³/mol. The summed E-state index contributed by atoms with van der Waals surface area (Å²) in [6.07, 6.45) is -10.2. The van der Waals surface area contributed by atoms with Gasteiger partial charge in [0.05, 0.1) is 6.04 Å². The summed E-state index contributed by atoms with van der Waals surface area (Å²) in [4.78, 5) is 0.0816. The Kier molecular flexibility index (Phi) is 5.48. The first kappa shape index (κ1) is 17.3. The summed E-state index contributed by atoms with van der Waals surface area (Å²) in [6.45, 7) is 3.28. The van der Waals surface area contributed by atoms with Crippen molar-refractivity contribution in [3.05, 3.63) is 21.9 Å². The number of hydrogen-bond donors (Lipinski definition) is 1. The molecule has 0 aliphatic heterocycles. The van der Waals surface area contributed by atoms with Crippen molar-refractivity contribution in [3.63, 3.8) is 0 Å². The number of halogens is 6. The quantitative estimate of drug-likeness (QED) is 0.766. The Labute approximate surface area is 117 Å². The van der Waals surface area contributed by atoms with Gasteiger partial charge >= 0.3 is 12.4 Å². The third kappa shape index (κ3) is 4.12. The lowest BCUT2D eigenvalue weighted by atomic mass is 9.95. The first-order chi connectivity index (χ1) is 9.09. The van der Waals surface area contributed by atoms with Crippen LogP contribution in [0.3, 0.4) is 0 Å². The monoisotopic (exact) mass is 319 g/mol. The molecule has 8 heteroatoms. The number of thiophene rings is 1. The molecule has 1 rings (SSSR count). The second kappa shape index (κ2) is 6.34. The number of rotatable bonds is 5. The molecule has 1 aromatic rings. The minimum Gasteiger partial charge on any atom is -0.308 e. The van der Waals surface area contributed by atoms with Crippen LogP contribution in [0.5, 0.6) is 0 Å².